The van der Waals surface area contributed by atoms with Gasteiger partial charge in [0.15, 0.2) is 0 Å². The van der Waals surface area contributed by atoms with E-state index in [1.165, 1.54) is 0 Å². The molecule has 118 valence electrons. The normalized spacial score (nSPS) is 10.5. The van der Waals surface area contributed by atoms with Crippen LogP contribution in [-0.2, 0) is 6.54 Å². The summed E-state index contributed by atoms with van der Waals surface area (Å²) in [6.07, 6.45) is 1.65. The first kappa shape index (κ1) is 14.9. The van der Waals surface area contributed by atoms with Crippen molar-refractivity contribution in [1.29, 1.82) is 0 Å². The molecule has 0 aliphatic carbocycles. The van der Waals surface area contributed by atoms with Gasteiger partial charge in [0.2, 0.25) is 5.88 Å². The van der Waals surface area contributed by atoms with E-state index in [4.69, 9.17) is 9.47 Å². The van der Waals surface area contributed by atoms with Crippen molar-refractivity contribution in [3.63, 3.8) is 0 Å². The first-order valence-corrected chi connectivity index (χ1v) is 7.14. The van der Waals surface area contributed by atoms with Gasteiger partial charge in [-0.25, -0.2) is 4.98 Å². The topological polar surface area (TPSA) is 76.2 Å². The third-order valence-electron chi connectivity index (χ3n) is 3.56. The number of H-pyrrole nitrogens is 1. The second-order valence-corrected chi connectivity index (χ2v) is 4.99. The molecule has 0 bridgehead atoms. The van der Waals surface area contributed by atoms with Crippen LogP contribution in [0.3, 0.4) is 0 Å². The molecule has 0 spiro atoms. The lowest BCUT2D eigenvalue weighted by molar-refractivity contribution is 0.399. The highest BCUT2D eigenvalue weighted by Crippen LogP contribution is 2.22. The van der Waals surface area contributed by atoms with Crippen molar-refractivity contribution in [3.8, 4) is 11.6 Å². The van der Waals surface area contributed by atoms with Gasteiger partial charge in [-0.15, -0.1) is 0 Å². The van der Waals surface area contributed by atoms with Crippen LogP contribution in [0, 0.1) is 0 Å². The molecule has 1 aromatic carbocycles. The Morgan fingerprint density at radius 3 is 2.83 bits per heavy atom. The second-order valence-electron chi connectivity index (χ2n) is 4.99. The number of ether oxygens (including phenoxy) is 2. The molecule has 2 N–H and O–H groups in total. The Labute approximate surface area is 133 Å². The largest absolute Gasteiger partial charge is 0.497 e. The molecule has 3 rings (SSSR count). The SMILES string of the molecule is COc1ccc2[nH]c(=O)c(CNc3cccnc3OC)cc2c1. The minimum Gasteiger partial charge on any atom is -0.497 e. The van der Waals surface area contributed by atoms with E-state index < -0.39 is 0 Å². The Balaban J connectivity index is 1.90. The molecule has 0 radical (unpaired) electrons. The van der Waals surface area contributed by atoms with Crippen LogP contribution in [0.1, 0.15) is 5.56 Å². The van der Waals surface area contributed by atoms with Crippen LogP contribution in [0.25, 0.3) is 10.9 Å². The van der Waals surface area contributed by atoms with Gasteiger partial charge in [0.25, 0.3) is 5.56 Å². The fourth-order valence-corrected chi connectivity index (χ4v) is 2.37. The highest BCUT2D eigenvalue weighted by molar-refractivity contribution is 5.80. The van der Waals surface area contributed by atoms with Gasteiger partial charge in [0.05, 0.1) is 19.9 Å². The van der Waals surface area contributed by atoms with Crippen LogP contribution >= 0.6 is 0 Å². The summed E-state index contributed by atoms with van der Waals surface area (Å²) in [6, 6.07) is 11.0. The van der Waals surface area contributed by atoms with Gasteiger partial charge in [0, 0.05) is 29.2 Å². The Morgan fingerprint density at radius 1 is 1.17 bits per heavy atom. The van der Waals surface area contributed by atoms with Crippen molar-refractivity contribution in [2.45, 2.75) is 6.54 Å². The third-order valence-corrected chi connectivity index (χ3v) is 3.56. The number of aromatic amines is 1. The molecular weight excluding hydrogens is 294 g/mol. The lowest BCUT2D eigenvalue weighted by Gasteiger charge is -2.10. The zero-order valence-corrected chi connectivity index (χ0v) is 12.9. The number of nitrogens with zero attached hydrogens (tertiary/aromatic N) is 1. The predicted octanol–water partition coefficient (Wildman–Crippen LogP) is 2.55. The number of nitrogens with one attached hydrogen (secondary N) is 2. The van der Waals surface area contributed by atoms with E-state index in [0.717, 1.165) is 22.3 Å². The summed E-state index contributed by atoms with van der Waals surface area (Å²) in [5, 5.41) is 4.09. The number of methoxy groups -OCH3 is 2. The van der Waals surface area contributed by atoms with Crippen molar-refractivity contribution in [3.05, 3.63) is 58.5 Å². The van der Waals surface area contributed by atoms with Crippen molar-refractivity contribution >= 4 is 16.6 Å². The zero-order valence-electron chi connectivity index (χ0n) is 12.9. The van der Waals surface area contributed by atoms with Crippen LogP contribution in [0.2, 0.25) is 0 Å². The Bertz CT molecular complexity index is 890. The van der Waals surface area contributed by atoms with Crippen molar-refractivity contribution in [2.24, 2.45) is 0 Å². The molecule has 0 amide bonds. The number of rotatable bonds is 5. The Hall–Kier alpha value is -3.02. The predicted molar refractivity (Wildman–Crippen MR) is 89.2 cm³/mol. The van der Waals surface area contributed by atoms with Crippen LogP contribution in [0.4, 0.5) is 5.69 Å². The number of fused-ring (bicyclic) bond motifs is 1. The molecule has 2 heterocycles. The van der Waals surface area contributed by atoms with Gasteiger partial charge in [0.1, 0.15) is 5.75 Å². The fourth-order valence-electron chi connectivity index (χ4n) is 2.37. The van der Waals surface area contributed by atoms with E-state index in [0.29, 0.717) is 18.0 Å². The highest BCUT2D eigenvalue weighted by Gasteiger charge is 2.07. The van der Waals surface area contributed by atoms with Gasteiger partial charge in [-0.2, -0.15) is 0 Å². The van der Waals surface area contributed by atoms with Crippen molar-refractivity contribution in [2.75, 3.05) is 19.5 Å². The van der Waals surface area contributed by atoms with Crippen molar-refractivity contribution < 1.29 is 9.47 Å². The third kappa shape index (κ3) is 3.11. The van der Waals surface area contributed by atoms with Gasteiger partial charge < -0.3 is 19.8 Å². The van der Waals surface area contributed by atoms with Crippen LogP contribution in [-0.4, -0.2) is 24.2 Å². The van der Waals surface area contributed by atoms with Crippen LogP contribution in [0.5, 0.6) is 11.6 Å². The zero-order chi connectivity index (χ0) is 16.2. The molecule has 23 heavy (non-hydrogen) atoms. The average molecular weight is 311 g/mol. The number of benzene rings is 1. The molecule has 0 aliphatic rings. The molecule has 0 atom stereocenters. The number of anilines is 1. The van der Waals surface area contributed by atoms with Gasteiger partial charge in [-0.3, -0.25) is 4.79 Å². The minimum atomic E-state index is -0.127. The molecule has 3 aromatic rings. The second kappa shape index (κ2) is 6.39. The first-order valence-electron chi connectivity index (χ1n) is 7.14. The summed E-state index contributed by atoms with van der Waals surface area (Å²) in [7, 11) is 3.17. The lowest BCUT2D eigenvalue weighted by atomic mass is 10.1. The van der Waals surface area contributed by atoms with E-state index >= 15 is 0 Å². The first-order chi connectivity index (χ1) is 11.2. The maximum atomic E-state index is 12.2. The quantitative estimate of drug-likeness (QED) is 0.757. The van der Waals surface area contributed by atoms with Gasteiger partial charge >= 0.3 is 0 Å². The molecule has 0 saturated heterocycles. The van der Waals surface area contributed by atoms with Gasteiger partial charge in [-0.1, -0.05) is 0 Å². The summed E-state index contributed by atoms with van der Waals surface area (Å²) < 4.78 is 10.4. The molecule has 0 fully saturated rings. The molecule has 6 heteroatoms. The van der Waals surface area contributed by atoms with E-state index in [9.17, 15) is 4.79 Å². The van der Waals surface area contributed by atoms with E-state index in [1.807, 2.05) is 30.3 Å². The summed E-state index contributed by atoms with van der Waals surface area (Å²) >= 11 is 0. The van der Waals surface area contributed by atoms with Gasteiger partial charge in [-0.05, 0) is 36.4 Å². The standard InChI is InChI=1S/C17H17N3O3/c1-22-13-5-6-14-11(9-13)8-12(16(21)20-14)10-19-15-4-3-7-18-17(15)23-2/h3-9,19H,10H2,1-2H3,(H,20,21). The maximum absolute atomic E-state index is 12.2. The Kier molecular flexibility index (Phi) is 4.14. The van der Waals surface area contributed by atoms with E-state index in [2.05, 4.69) is 15.3 Å². The molecule has 6 nitrogen and oxygen atoms in total. The minimum absolute atomic E-state index is 0.127. The summed E-state index contributed by atoms with van der Waals surface area (Å²) in [5.41, 5.74) is 2.01. The average Bonchev–Trinajstić information content (AvgIpc) is 2.59. The Morgan fingerprint density at radius 2 is 2.04 bits per heavy atom. The smallest absolute Gasteiger partial charge is 0.253 e. The fraction of sp³-hybridized carbons (Fsp3) is 0.176. The number of pyridine rings is 2. The lowest BCUT2D eigenvalue weighted by Crippen LogP contribution is -2.16. The van der Waals surface area contributed by atoms with Crippen LogP contribution < -0.4 is 20.3 Å². The molecule has 2 aromatic heterocycles. The summed E-state index contributed by atoms with van der Waals surface area (Å²) in [4.78, 5) is 19.2. The monoisotopic (exact) mass is 311 g/mol. The molecular formula is C17H17N3O3. The summed E-state index contributed by atoms with van der Waals surface area (Å²) in [5.74, 6) is 1.24. The van der Waals surface area contributed by atoms with Crippen LogP contribution in [0.15, 0.2) is 47.4 Å². The number of aromatic nitrogens is 2. The highest BCUT2D eigenvalue weighted by atomic mass is 16.5. The molecule has 0 aliphatic heterocycles. The summed E-state index contributed by atoms with van der Waals surface area (Å²) in [6.45, 7) is 0.366. The molecule has 0 unspecified atom stereocenters. The van der Waals surface area contributed by atoms with E-state index in [1.54, 1.807) is 26.5 Å². The van der Waals surface area contributed by atoms with Crippen molar-refractivity contribution in [1.82, 2.24) is 9.97 Å². The molecule has 0 saturated carbocycles. The number of hydrogen-bond donors (Lipinski definition) is 2. The maximum Gasteiger partial charge on any atom is 0.253 e. The van der Waals surface area contributed by atoms with E-state index in [-0.39, 0.29) is 5.56 Å². The number of hydrogen-bond acceptors (Lipinski definition) is 5.